The van der Waals surface area contributed by atoms with Gasteiger partial charge in [0.15, 0.2) is 0 Å². The van der Waals surface area contributed by atoms with Crippen LogP contribution in [0.2, 0.25) is 0 Å². The summed E-state index contributed by atoms with van der Waals surface area (Å²) in [5.41, 5.74) is 0.807. The van der Waals surface area contributed by atoms with E-state index in [1.54, 1.807) is 22.6 Å². The fourth-order valence-electron chi connectivity index (χ4n) is 2.91. The van der Waals surface area contributed by atoms with E-state index >= 15 is 0 Å². The van der Waals surface area contributed by atoms with Crippen LogP contribution in [-0.4, -0.2) is 43.8 Å². The molecule has 7 heteroatoms. The van der Waals surface area contributed by atoms with Gasteiger partial charge in [-0.1, -0.05) is 18.2 Å². The molecule has 0 aliphatic carbocycles. The van der Waals surface area contributed by atoms with E-state index in [-0.39, 0.29) is 12.3 Å². The van der Waals surface area contributed by atoms with Gasteiger partial charge in [0, 0.05) is 12.6 Å². The highest BCUT2D eigenvalue weighted by Crippen LogP contribution is 2.27. The van der Waals surface area contributed by atoms with E-state index < -0.39 is 11.5 Å². The van der Waals surface area contributed by atoms with Crippen LogP contribution in [-0.2, 0) is 16.0 Å². The number of rotatable bonds is 6. The Kier molecular flexibility index (Phi) is 5.43. The zero-order chi connectivity index (χ0) is 17.7. The molecule has 25 heavy (non-hydrogen) atoms. The minimum absolute atomic E-state index is 0.221. The third kappa shape index (κ3) is 4.22. The molecule has 0 bridgehead atoms. The van der Waals surface area contributed by atoms with E-state index in [0.29, 0.717) is 19.3 Å². The Morgan fingerprint density at radius 2 is 1.96 bits per heavy atom. The zero-order valence-corrected chi connectivity index (χ0v) is 14.7. The summed E-state index contributed by atoms with van der Waals surface area (Å²) < 4.78 is 1.77. The fourth-order valence-corrected chi connectivity index (χ4v) is 4.10. The number of thioether (sulfide) groups is 1. The molecule has 132 valence electrons. The summed E-state index contributed by atoms with van der Waals surface area (Å²) in [5.74, 6) is 0.368. The third-order valence-electron chi connectivity index (χ3n) is 4.43. The number of carboxylic acids is 1. The lowest BCUT2D eigenvalue weighted by Gasteiger charge is -2.33. The van der Waals surface area contributed by atoms with Crippen LogP contribution in [0.25, 0.3) is 5.69 Å². The van der Waals surface area contributed by atoms with Crippen molar-refractivity contribution in [1.29, 1.82) is 0 Å². The number of hydrogen-bond acceptors (Lipinski definition) is 4. The monoisotopic (exact) mass is 359 g/mol. The topological polar surface area (TPSA) is 84.2 Å². The minimum atomic E-state index is -1.10. The van der Waals surface area contributed by atoms with Gasteiger partial charge < -0.3 is 10.4 Å². The van der Waals surface area contributed by atoms with Crippen LogP contribution >= 0.6 is 11.8 Å². The van der Waals surface area contributed by atoms with Gasteiger partial charge in [0.2, 0.25) is 5.91 Å². The molecular weight excluding hydrogens is 338 g/mol. The largest absolute Gasteiger partial charge is 0.480 e. The summed E-state index contributed by atoms with van der Waals surface area (Å²) in [6, 6.07) is 9.75. The van der Waals surface area contributed by atoms with Crippen LogP contribution in [0.3, 0.4) is 0 Å². The van der Waals surface area contributed by atoms with Gasteiger partial charge in [-0.15, -0.1) is 0 Å². The molecule has 0 unspecified atom stereocenters. The first-order valence-electron chi connectivity index (χ1n) is 8.30. The first kappa shape index (κ1) is 17.5. The summed E-state index contributed by atoms with van der Waals surface area (Å²) in [4.78, 5) is 23.9. The van der Waals surface area contributed by atoms with Gasteiger partial charge in [0.1, 0.15) is 5.54 Å². The maximum Gasteiger partial charge on any atom is 0.329 e. The van der Waals surface area contributed by atoms with Crippen molar-refractivity contribution in [3.05, 3.63) is 48.3 Å². The Labute approximate surface area is 150 Å². The van der Waals surface area contributed by atoms with Gasteiger partial charge in [0.05, 0.1) is 11.9 Å². The number of aliphatic carboxylic acids is 1. The van der Waals surface area contributed by atoms with E-state index in [4.69, 9.17) is 0 Å². The number of carbonyl (C=O) groups excluding carboxylic acids is 1. The zero-order valence-electron chi connectivity index (χ0n) is 13.9. The van der Waals surface area contributed by atoms with Crippen LogP contribution in [0.4, 0.5) is 0 Å². The first-order valence-corrected chi connectivity index (χ1v) is 9.46. The molecule has 0 radical (unpaired) electrons. The lowest BCUT2D eigenvalue weighted by Crippen LogP contribution is -2.56. The normalized spacial score (nSPS) is 16.3. The van der Waals surface area contributed by atoms with Crippen molar-refractivity contribution < 1.29 is 14.7 Å². The number of nitrogens with zero attached hydrogens (tertiary/aromatic N) is 2. The fraction of sp³-hybridized carbons (Fsp3) is 0.389. The lowest BCUT2D eigenvalue weighted by atomic mass is 9.92. The van der Waals surface area contributed by atoms with E-state index in [9.17, 15) is 14.7 Å². The van der Waals surface area contributed by atoms with Gasteiger partial charge in [-0.2, -0.15) is 16.9 Å². The number of aryl methyl sites for hydroxylation is 1. The predicted molar refractivity (Wildman–Crippen MR) is 97.0 cm³/mol. The predicted octanol–water partition coefficient (Wildman–Crippen LogP) is 2.27. The van der Waals surface area contributed by atoms with Crippen molar-refractivity contribution in [3.8, 4) is 5.69 Å². The number of amides is 1. The molecular formula is C18H21N3O3S. The number of carboxylic acid groups (broad SMARTS) is 1. The van der Waals surface area contributed by atoms with Crippen LogP contribution in [0.1, 0.15) is 24.8 Å². The standard InChI is InChI=1S/C18H21N3O3S/c22-16(20-18(17(23)24)8-10-25-11-9-18)7-6-14-12-19-21(13-14)15-4-2-1-3-5-15/h1-5,12-13H,6-11H2,(H,20,22)(H,23,24). The maximum absolute atomic E-state index is 12.3. The average molecular weight is 359 g/mol. The van der Waals surface area contributed by atoms with Crippen molar-refractivity contribution >= 4 is 23.6 Å². The van der Waals surface area contributed by atoms with Crippen molar-refractivity contribution in [2.45, 2.75) is 31.2 Å². The van der Waals surface area contributed by atoms with Gasteiger partial charge in [-0.05, 0) is 48.5 Å². The van der Waals surface area contributed by atoms with Crippen LogP contribution in [0.15, 0.2) is 42.7 Å². The quantitative estimate of drug-likeness (QED) is 0.827. The lowest BCUT2D eigenvalue weighted by molar-refractivity contribution is -0.148. The molecule has 2 N–H and O–H groups in total. The number of benzene rings is 1. The molecule has 2 aromatic rings. The molecule has 1 saturated heterocycles. The number of nitrogens with one attached hydrogen (secondary N) is 1. The second-order valence-electron chi connectivity index (χ2n) is 6.18. The highest BCUT2D eigenvalue weighted by Gasteiger charge is 2.41. The van der Waals surface area contributed by atoms with Crippen LogP contribution < -0.4 is 5.32 Å². The van der Waals surface area contributed by atoms with E-state index in [1.165, 1.54) is 0 Å². The van der Waals surface area contributed by atoms with Crippen LogP contribution in [0.5, 0.6) is 0 Å². The smallest absolute Gasteiger partial charge is 0.329 e. The Balaban J connectivity index is 1.57. The number of carbonyl (C=O) groups is 2. The molecule has 1 aromatic carbocycles. The Morgan fingerprint density at radius 3 is 2.64 bits per heavy atom. The molecule has 0 atom stereocenters. The molecule has 1 aromatic heterocycles. The summed E-state index contributed by atoms with van der Waals surface area (Å²) >= 11 is 1.73. The van der Waals surface area contributed by atoms with E-state index in [0.717, 1.165) is 22.8 Å². The molecule has 1 aliphatic rings. The molecule has 0 saturated carbocycles. The summed E-state index contributed by atoms with van der Waals surface area (Å²) in [5, 5.41) is 16.6. The molecule has 1 aliphatic heterocycles. The number of hydrogen-bond donors (Lipinski definition) is 2. The number of para-hydroxylation sites is 1. The van der Waals surface area contributed by atoms with Crippen molar-refractivity contribution in [2.75, 3.05) is 11.5 Å². The molecule has 0 spiro atoms. The van der Waals surface area contributed by atoms with Crippen LogP contribution in [0, 0.1) is 0 Å². The number of aromatic nitrogens is 2. The SMILES string of the molecule is O=C(CCc1cnn(-c2ccccc2)c1)NC1(C(=O)O)CCSCC1. The molecule has 1 amide bonds. The molecule has 3 rings (SSSR count). The molecule has 6 nitrogen and oxygen atoms in total. The van der Waals surface area contributed by atoms with Crippen molar-refractivity contribution in [3.63, 3.8) is 0 Å². The van der Waals surface area contributed by atoms with Gasteiger partial charge in [-0.25, -0.2) is 9.48 Å². The van der Waals surface area contributed by atoms with E-state index in [1.807, 2.05) is 36.5 Å². The van der Waals surface area contributed by atoms with E-state index in [2.05, 4.69) is 10.4 Å². The second-order valence-corrected chi connectivity index (χ2v) is 7.40. The summed E-state index contributed by atoms with van der Waals surface area (Å²) in [6.07, 6.45) is 5.37. The van der Waals surface area contributed by atoms with Gasteiger partial charge in [0.25, 0.3) is 0 Å². The maximum atomic E-state index is 12.3. The Hall–Kier alpha value is -2.28. The Bertz CT molecular complexity index is 739. The summed E-state index contributed by atoms with van der Waals surface area (Å²) in [7, 11) is 0. The third-order valence-corrected chi connectivity index (χ3v) is 5.42. The second kappa shape index (κ2) is 7.74. The molecule has 1 fully saturated rings. The minimum Gasteiger partial charge on any atom is -0.480 e. The summed E-state index contributed by atoms with van der Waals surface area (Å²) in [6.45, 7) is 0. The first-order chi connectivity index (χ1) is 12.1. The molecule has 2 heterocycles. The van der Waals surface area contributed by atoms with Crippen molar-refractivity contribution in [2.24, 2.45) is 0 Å². The van der Waals surface area contributed by atoms with Crippen molar-refractivity contribution in [1.82, 2.24) is 15.1 Å². The average Bonchev–Trinajstić information content (AvgIpc) is 3.10. The highest BCUT2D eigenvalue weighted by molar-refractivity contribution is 7.99. The van der Waals surface area contributed by atoms with Gasteiger partial charge in [-0.3, -0.25) is 4.79 Å². The Morgan fingerprint density at radius 1 is 1.24 bits per heavy atom. The van der Waals surface area contributed by atoms with Gasteiger partial charge >= 0.3 is 5.97 Å². The highest BCUT2D eigenvalue weighted by atomic mass is 32.2.